The van der Waals surface area contributed by atoms with Gasteiger partial charge in [-0.05, 0) is 20.8 Å². The van der Waals surface area contributed by atoms with Crippen molar-refractivity contribution in [2.45, 2.75) is 26.4 Å². The second-order valence-electron chi connectivity index (χ2n) is 2.98. The summed E-state index contributed by atoms with van der Waals surface area (Å²) in [5, 5.41) is 0. The van der Waals surface area contributed by atoms with E-state index >= 15 is 0 Å². The molecular formula is C7H10O4. The molecular weight excluding hydrogens is 148 g/mol. The third kappa shape index (κ3) is 4.25. The molecule has 0 saturated carbocycles. The zero-order valence-electron chi connectivity index (χ0n) is 6.71. The largest absolute Gasteiger partial charge is 0.454 e. The van der Waals surface area contributed by atoms with Crippen molar-refractivity contribution < 1.29 is 19.1 Å². The van der Waals surface area contributed by atoms with E-state index in [4.69, 9.17) is 0 Å². The topological polar surface area (TPSA) is 60.4 Å². The fourth-order valence-corrected chi connectivity index (χ4v) is 0.377. The SMILES string of the molecule is CC(C)(C)OC(=O)C(=O)C=O. The van der Waals surface area contributed by atoms with Crippen LogP contribution in [0.4, 0.5) is 0 Å². The molecule has 0 aromatic carbocycles. The monoisotopic (exact) mass is 158 g/mol. The Morgan fingerprint density at radius 1 is 1.27 bits per heavy atom. The molecule has 0 heterocycles. The molecule has 62 valence electrons. The molecule has 0 aromatic heterocycles. The van der Waals surface area contributed by atoms with E-state index < -0.39 is 17.4 Å². The standard InChI is InChI=1S/C7H10O4/c1-7(2,3)11-6(10)5(9)4-8/h4H,1-3H3. The zero-order valence-corrected chi connectivity index (χ0v) is 6.71. The number of hydrogen-bond acceptors (Lipinski definition) is 4. The predicted octanol–water partition coefficient (Wildman–Crippen LogP) is 0.0961. The molecule has 0 radical (unpaired) electrons. The minimum atomic E-state index is -1.15. The molecule has 0 fully saturated rings. The molecule has 4 nitrogen and oxygen atoms in total. The highest BCUT2D eigenvalue weighted by Crippen LogP contribution is 2.06. The van der Waals surface area contributed by atoms with Crippen molar-refractivity contribution in [3.8, 4) is 0 Å². The van der Waals surface area contributed by atoms with Gasteiger partial charge in [0.15, 0.2) is 6.29 Å². The molecule has 4 heteroatoms. The van der Waals surface area contributed by atoms with Crippen molar-refractivity contribution in [2.24, 2.45) is 0 Å². The van der Waals surface area contributed by atoms with Gasteiger partial charge in [-0.15, -0.1) is 0 Å². The highest BCUT2D eigenvalue weighted by molar-refractivity contribution is 6.55. The van der Waals surface area contributed by atoms with Crippen molar-refractivity contribution in [1.82, 2.24) is 0 Å². The molecule has 0 unspecified atom stereocenters. The maximum atomic E-state index is 10.6. The summed E-state index contributed by atoms with van der Waals surface area (Å²) >= 11 is 0. The summed E-state index contributed by atoms with van der Waals surface area (Å²) < 4.78 is 4.57. The van der Waals surface area contributed by atoms with Crippen LogP contribution in [0.1, 0.15) is 20.8 Å². The Kier molecular flexibility index (Phi) is 2.92. The lowest BCUT2D eigenvalue weighted by Gasteiger charge is -2.17. The predicted molar refractivity (Wildman–Crippen MR) is 36.9 cm³/mol. The molecule has 0 aromatic rings. The summed E-state index contributed by atoms with van der Waals surface area (Å²) in [6, 6.07) is 0. The van der Waals surface area contributed by atoms with Crippen molar-refractivity contribution in [1.29, 1.82) is 0 Å². The molecule has 0 amide bonds. The summed E-state index contributed by atoms with van der Waals surface area (Å²) in [4.78, 5) is 30.7. The van der Waals surface area contributed by atoms with Gasteiger partial charge in [0.1, 0.15) is 5.60 Å². The first-order valence-electron chi connectivity index (χ1n) is 3.09. The molecule has 0 rings (SSSR count). The zero-order chi connectivity index (χ0) is 9.07. The van der Waals surface area contributed by atoms with Crippen LogP contribution in [-0.4, -0.2) is 23.6 Å². The Morgan fingerprint density at radius 3 is 2.00 bits per heavy atom. The van der Waals surface area contributed by atoms with Crippen LogP contribution in [0.25, 0.3) is 0 Å². The minimum Gasteiger partial charge on any atom is -0.454 e. The summed E-state index contributed by atoms with van der Waals surface area (Å²) in [6.45, 7) is 4.84. The summed E-state index contributed by atoms with van der Waals surface area (Å²) in [5.74, 6) is -2.26. The molecule has 0 aliphatic heterocycles. The number of Topliss-reactive ketones (excluding diaryl/α,β-unsaturated/α-hetero) is 1. The molecule has 0 bridgehead atoms. The first-order chi connectivity index (χ1) is 4.87. The lowest BCUT2D eigenvalue weighted by molar-refractivity contribution is -0.162. The number of hydrogen-bond donors (Lipinski definition) is 0. The van der Waals surface area contributed by atoms with Crippen molar-refractivity contribution in [2.75, 3.05) is 0 Å². The van der Waals surface area contributed by atoms with Crippen LogP contribution in [0.2, 0.25) is 0 Å². The van der Waals surface area contributed by atoms with Crippen LogP contribution in [0.3, 0.4) is 0 Å². The van der Waals surface area contributed by atoms with Crippen LogP contribution >= 0.6 is 0 Å². The van der Waals surface area contributed by atoms with E-state index in [0.29, 0.717) is 0 Å². The summed E-state index contributed by atoms with van der Waals surface area (Å²) in [6.07, 6.45) is -0.0614. The molecule has 0 atom stereocenters. The highest BCUT2D eigenvalue weighted by Gasteiger charge is 2.21. The average molecular weight is 158 g/mol. The van der Waals surface area contributed by atoms with Gasteiger partial charge in [-0.2, -0.15) is 0 Å². The van der Waals surface area contributed by atoms with E-state index in [9.17, 15) is 14.4 Å². The van der Waals surface area contributed by atoms with Crippen LogP contribution in [0.15, 0.2) is 0 Å². The van der Waals surface area contributed by atoms with Gasteiger partial charge < -0.3 is 4.74 Å². The minimum absolute atomic E-state index is 0.0614. The molecule has 0 saturated heterocycles. The van der Waals surface area contributed by atoms with E-state index in [1.165, 1.54) is 0 Å². The van der Waals surface area contributed by atoms with Crippen LogP contribution in [0, 0.1) is 0 Å². The number of rotatable bonds is 2. The van der Waals surface area contributed by atoms with Gasteiger partial charge in [-0.1, -0.05) is 0 Å². The number of ether oxygens (including phenoxy) is 1. The van der Waals surface area contributed by atoms with Crippen LogP contribution < -0.4 is 0 Å². The second kappa shape index (κ2) is 3.27. The van der Waals surface area contributed by atoms with Crippen LogP contribution in [0.5, 0.6) is 0 Å². The Balaban J connectivity index is 4.09. The van der Waals surface area contributed by atoms with Crippen molar-refractivity contribution >= 4 is 18.0 Å². The smallest absolute Gasteiger partial charge is 0.383 e. The van der Waals surface area contributed by atoms with Gasteiger partial charge in [-0.3, -0.25) is 9.59 Å². The fraction of sp³-hybridized carbons (Fsp3) is 0.571. The maximum Gasteiger partial charge on any atom is 0.383 e. The van der Waals surface area contributed by atoms with E-state index in [2.05, 4.69) is 4.74 Å². The Morgan fingerprint density at radius 2 is 1.73 bits per heavy atom. The molecule has 11 heavy (non-hydrogen) atoms. The first-order valence-corrected chi connectivity index (χ1v) is 3.09. The van der Waals surface area contributed by atoms with Gasteiger partial charge in [0.2, 0.25) is 0 Å². The van der Waals surface area contributed by atoms with E-state index in [1.54, 1.807) is 20.8 Å². The third-order valence-corrected chi connectivity index (χ3v) is 0.707. The fourth-order valence-electron chi connectivity index (χ4n) is 0.377. The maximum absolute atomic E-state index is 10.6. The molecule has 0 aliphatic carbocycles. The first kappa shape index (κ1) is 9.81. The van der Waals surface area contributed by atoms with E-state index in [0.717, 1.165) is 0 Å². The highest BCUT2D eigenvalue weighted by atomic mass is 16.6. The normalized spacial score (nSPS) is 10.5. The summed E-state index contributed by atoms with van der Waals surface area (Å²) in [5.41, 5.74) is -0.726. The van der Waals surface area contributed by atoms with E-state index in [-0.39, 0.29) is 6.29 Å². The Hall–Kier alpha value is -1.19. The average Bonchev–Trinajstić information content (AvgIpc) is 1.82. The molecule has 0 aliphatic rings. The quantitative estimate of drug-likeness (QED) is 0.247. The Labute approximate surface area is 64.5 Å². The number of aldehydes is 1. The van der Waals surface area contributed by atoms with Gasteiger partial charge in [0.05, 0.1) is 0 Å². The van der Waals surface area contributed by atoms with Crippen LogP contribution in [-0.2, 0) is 19.1 Å². The van der Waals surface area contributed by atoms with Crippen molar-refractivity contribution in [3.05, 3.63) is 0 Å². The number of ketones is 1. The Bertz CT molecular complexity index is 187. The number of esters is 1. The lowest BCUT2D eigenvalue weighted by Crippen LogP contribution is -2.29. The summed E-state index contributed by atoms with van der Waals surface area (Å²) in [7, 11) is 0. The molecule has 0 spiro atoms. The molecule has 0 N–H and O–H groups in total. The number of carbonyl (C=O) groups excluding carboxylic acids is 3. The van der Waals surface area contributed by atoms with Crippen molar-refractivity contribution in [3.63, 3.8) is 0 Å². The number of carbonyl (C=O) groups is 3. The van der Waals surface area contributed by atoms with Gasteiger partial charge in [0, 0.05) is 0 Å². The van der Waals surface area contributed by atoms with Gasteiger partial charge in [0.25, 0.3) is 0 Å². The third-order valence-electron chi connectivity index (χ3n) is 0.707. The second-order valence-corrected chi connectivity index (χ2v) is 2.98. The van der Waals surface area contributed by atoms with E-state index in [1.807, 2.05) is 0 Å². The lowest BCUT2D eigenvalue weighted by atomic mass is 10.2. The van der Waals surface area contributed by atoms with Gasteiger partial charge in [-0.25, -0.2) is 4.79 Å². The van der Waals surface area contributed by atoms with Gasteiger partial charge >= 0.3 is 11.8 Å².